The molecular formula is C34H58O4. The monoisotopic (exact) mass is 530 g/mol. The molecule has 0 amide bonds. The molecule has 0 aromatic carbocycles. The van der Waals surface area contributed by atoms with E-state index in [4.69, 9.17) is 9.84 Å². The lowest BCUT2D eigenvalue weighted by Crippen LogP contribution is -2.17. The van der Waals surface area contributed by atoms with E-state index in [-0.39, 0.29) is 12.1 Å². The van der Waals surface area contributed by atoms with Crippen molar-refractivity contribution in [2.24, 2.45) is 0 Å². The second-order valence-electron chi connectivity index (χ2n) is 10.2. The summed E-state index contributed by atoms with van der Waals surface area (Å²) in [7, 11) is 0. The van der Waals surface area contributed by atoms with Crippen LogP contribution in [-0.2, 0) is 14.3 Å². The number of allylic oxidation sites excluding steroid dienone is 8. The number of carbonyl (C=O) groups is 2. The van der Waals surface area contributed by atoms with E-state index < -0.39 is 5.97 Å². The highest BCUT2D eigenvalue weighted by molar-refractivity contribution is 5.69. The van der Waals surface area contributed by atoms with E-state index in [1.165, 1.54) is 38.5 Å². The second-order valence-corrected chi connectivity index (χ2v) is 10.2. The number of ether oxygens (including phenoxy) is 1. The molecule has 1 N–H and O–H groups in total. The molecule has 0 radical (unpaired) electrons. The van der Waals surface area contributed by atoms with Gasteiger partial charge in [-0.25, -0.2) is 0 Å². The topological polar surface area (TPSA) is 63.6 Å². The van der Waals surface area contributed by atoms with Gasteiger partial charge < -0.3 is 9.84 Å². The van der Waals surface area contributed by atoms with Gasteiger partial charge >= 0.3 is 11.9 Å². The standard InChI is InChI=1S/C34H58O4/c1-3-5-6-7-8-9-10-11-12-13-14-19-22-25-28-31-34(37)38-32(4-2)29-26-23-20-17-15-16-18-21-24-27-30-33(35)36/h5-6,8-9,11-12,14,19,32H,3-4,7,10,13,15-18,20-31H2,1-2H3,(H,35,36)/b6-5-,9-8-,12-11-,19-14-. The summed E-state index contributed by atoms with van der Waals surface area (Å²) >= 11 is 0. The number of carbonyl (C=O) groups excluding carboxylic acids is 1. The highest BCUT2D eigenvalue weighted by Crippen LogP contribution is 2.15. The van der Waals surface area contributed by atoms with Gasteiger partial charge in [0.1, 0.15) is 6.10 Å². The van der Waals surface area contributed by atoms with E-state index in [1.807, 2.05) is 0 Å². The fraction of sp³-hybridized carbons (Fsp3) is 0.706. The van der Waals surface area contributed by atoms with Gasteiger partial charge in [0, 0.05) is 12.8 Å². The summed E-state index contributed by atoms with van der Waals surface area (Å²) in [6.07, 6.45) is 39.1. The zero-order chi connectivity index (χ0) is 27.9. The first kappa shape index (κ1) is 35.9. The van der Waals surface area contributed by atoms with Gasteiger partial charge in [0.15, 0.2) is 0 Å². The summed E-state index contributed by atoms with van der Waals surface area (Å²) in [6.45, 7) is 4.26. The van der Waals surface area contributed by atoms with Crippen molar-refractivity contribution < 1.29 is 19.4 Å². The number of carboxylic acids is 1. The minimum atomic E-state index is -0.682. The molecule has 0 aromatic rings. The Bertz CT molecular complexity index is 659. The van der Waals surface area contributed by atoms with E-state index in [2.05, 4.69) is 62.5 Å². The number of carboxylic acid groups (broad SMARTS) is 1. The van der Waals surface area contributed by atoms with Crippen LogP contribution in [0.5, 0.6) is 0 Å². The maximum absolute atomic E-state index is 12.2. The molecule has 0 saturated carbocycles. The van der Waals surface area contributed by atoms with Crippen LogP contribution in [0.3, 0.4) is 0 Å². The Morgan fingerprint density at radius 2 is 1.08 bits per heavy atom. The van der Waals surface area contributed by atoms with E-state index in [9.17, 15) is 9.59 Å². The number of esters is 1. The maximum atomic E-state index is 12.2. The van der Waals surface area contributed by atoms with Crippen LogP contribution in [-0.4, -0.2) is 23.1 Å². The van der Waals surface area contributed by atoms with Gasteiger partial charge in [0.25, 0.3) is 0 Å². The third-order valence-corrected chi connectivity index (χ3v) is 6.64. The normalized spacial score (nSPS) is 12.9. The Balaban J connectivity index is 3.59. The van der Waals surface area contributed by atoms with Crippen LogP contribution in [0.4, 0.5) is 0 Å². The first-order chi connectivity index (χ1) is 18.6. The first-order valence-corrected chi connectivity index (χ1v) is 15.6. The van der Waals surface area contributed by atoms with E-state index in [0.717, 1.165) is 83.5 Å². The Morgan fingerprint density at radius 1 is 0.605 bits per heavy atom. The van der Waals surface area contributed by atoms with Crippen molar-refractivity contribution in [3.05, 3.63) is 48.6 Å². The highest BCUT2D eigenvalue weighted by Gasteiger charge is 2.12. The summed E-state index contributed by atoms with van der Waals surface area (Å²) in [5.74, 6) is -0.719. The Kier molecular flexibility index (Phi) is 27.8. The summed E-state index contributed by atoms with van der Waals surface area (Å²) < 4.78 is 5.71. The van der Waals surface area contributed by atoms with Gasteiger partial charge in [0.2, 0.25) is 0 Å². The second kappa shape index (κ2) is 29.5. The van der Waals surface area contributed by atoms with Gasteiger partial charge in [-0.05, 0) is 70.6 Å². The van der Waals surface area contributed by atoms with Gasteiger partial charge in [0.05, 0.1) is 0 Å². The number of hydrogen-bond donors (Lipinski definition) is 1. The predicted octanol–water partition coefficient (Wildman–Crippen LogP) is 10.4. The molecule has 4 heteroatoms. The quantitative estimate of drug-likeness (QED) is 0.0651. The van der Waals surface area contributed by atoms with E-state index >= 15 is 0 Å². The zero-order valence-corrected chi connectivity index (χ0v) is 24.7. The Morgan fingerprint density at radius 3 is 1.61 bits per heavy atom. The third kappa shape index (κ3) is 28.5. The zero-order valence-electron chi connectivity index (χ0n) is 24.7. The van der Waals surface area contributed by atoms with Crippen molar-refractivity contribution in [3.8, 4) is 0 Å². The molecule has 0 spiro atoms. The lowest BCUT2D eigenvalue weighted by atomic mass is 10.0. The van der Waals surface area contributed by atoms with Crippen LogP contribution in [0.15, 0.2) is 48.6 Å². The van der Waals surface area contributed by atoms with Gasteiger partial charge in [-0.2, -0.15) is 0 Å². The summed E-state index contributed by atoms with van der Waals surface area (Å²) in [6, 6.07) is 0. The predicted molar refractivity (Wildman–Crippen MR) is 162 cm³/mol. The maximum Gasteiger partial charge on any atom is 0.306 e. The minimum absolute atomic E-state index is 0.0367. The van der Waals surface area contributed by atoms with E-state index in [0.29, 0.717) is 12.8 Å². The Hall–Kier alpha value is -2.10. The number of rotatable bonds is 27. The summed E-state index contributed by atoms with van der Waals surface area (Å²) in [4.78, 5) is 22.7. The van der Waals surface area contributed by atoms with Crippen molar-refractivity contribution in [3.63, 3.8) is 0 Å². The van der Waals surface area contributed by atoms with Gasteiger partial charge in [-0.3, -0.25) is 9.59 Å². The van der Waals surface area contributed by atoms with Crippen molar-refractivity contribution in [2.75, 3.05) is 0 Å². The van der Waals surface area contributed by atoms with Crippen molar-refractivity contribution in [2.45, 2.75) is 155 Å². The first-order valence-electron chi connectivity index (χ1n) is 15.6. The summed E-state index contributed by atoms with van der Waals surface area (Å²) in [5, 5.41) is 8.63. The van der Waals surface area contributed by atoms with Crippen LogP contribution in [0.2, 0.25) is 0 Å². The molecule has 0 fully saturated rings. The molecule has 1 unspecified atom stereocenters. The average Bonchev–Trinajstić information content (AvgIpc) is 2.90. The lowest BCUT2D eigenvalue weighted by Gasteiger charge is -2.16. The number of hydrogen-bond acceptors (Lipinski definition) is 3. The van der Waals surface area contributed by atoms with E-state index in [1.54, 1.807) is 0 Å². The SMILES string of the molecule is CC/C=C\C/C=C\C/C=C\C/C=C\CCCCC(=O)OC(CC)CCCCCCCCCCCCC(=O)O. The van der Waals surface area contributed by atoms with Crippen molar-refractivity contribution in [1.82, 2.24) is 0 Å². The van der Waals surface area contributed by atoms with Crippen molar-refractivity contribution >= 4 is 11.9 Å². The highest BCUT2D eigenvalue weighted by atomic mass is 16.5. The van der Waals surface area contributed by atoms with Crippen LogP contribution in [0, 0.1) is 0 Å². The molecule has 1 atom stereocenters. The molecule has 0 bridgehead atoms. The minimum Gasteiger partial charge on any atom is -0.481 e. The smallest absolute Gasteiger partial charge is 0.306 e. The van der Waals surface area contributed by atoms with Gasteiger partial charge in [-0.15, -0.1) is 0 Å². The fourth-order valence-electron chi connectivity index (χ4n) is 4.28. The fourth-order valence-corrected chi connectivity index (χ4v) is 4.28. The molecule has 0 aliphatic rings. The lowest BCUT2D eigenvalue weighted by molar-refractivity contribution is -0.149. The molecule has 0 rings (SSSR count). The molecular weight excluding hydrogens is 472 g/mol. The number of aliphatic carboxylic acids is 1. The molecule has 218 valence electrons. The molecule has 4 nitrogen and oxygen atoms in total. The molecule has 0 aliphatic heterocycles. The van der Waals surface area contributed by atoms with Crippen LogP contribution in [0.25, 0.3) is 0 Å². The van der Waals surface area contributed by atoms with Crippen molar-refractivity contribution in [1.29, 1.82) is 0 Å². The van der Waals surface area contributed by atoms with Crippen LogP contribution < -0.4 is 0 Å². The molecule has 0 saturated heterocycles. The Labute approximate surface area is 234 Å². The van der Waals surface area contributed by atoms with Crippen LogP contribution >= 0.6 is 0 Å². The molecule has 0 aliphatic carbocycles. The molecule has 38 heavy (non-hydrogen) atoms. The van der Waals surface area contributed by atoms with Crippen LogP contribution in [0.1, 0.15) is 149 Å². The molecule has 0 heterocycles. The molecule has 0 aromatic heterocycles. The largest absolute Gasteiger partial charge is 0.481 e. The van der Waals surface area contributed by atoms with Gasteiger partial charge in [-0.1, -0.05) is 114 Å². The third-order valence-electron chi connectivity index (χ3n) is 6.64. The average molecular weight is 531 g/mol. The summed E-state index contributed by atoms with van der Waals surface area (Å²) in [5.41, 5.74) is 0. The number of unbranched alkanes of at least 4 members (excludes halogenated alkanes) is 11.